The molecule has 0 aliphatic carbocycles. The highest BCUT2D eigenvalue weighted by Crippen LogP contribution is 2.44. The average molecular weight is 1370 g/mol. The third-order valence-corrected chi connectivity index (χ3v) is 20.5. The molecule has 0 fully saturated rings. The highest BCUT2D eigenvalue weighted by molar-refractivity contribution is 6.15. The van der Waals surface area contributed by atoms with Gasteiger partial charge in [0.1, 0.15) is 33.5 Å². The van der Waals surface area contributed by atoms with Crippen LogP contribution in [0.15, 0.2) is 365 Å². The predicted octanol–water partition coefficient (Wildman–Crippen LogP) is 25.0. The van der Waals surface area contributed by atoms with Crippen LogP contribution < -0.4 is 0 Å². The number of aromatic nitrogens is 8. The number of hydrogen-bond acceptors (Lipinski definition) is 9. The van der Waals surface area contributed by atoms with Gasteiger partial charge >= 0.3 is 0 Å². The van der Waals surface area contributed by atoms with Gasteiger partial charge in [0.2, 0.25) is 5.95 Å². The van der Waals surface area contributed by atoms with Crippen molar-refractivity contribution in [2.45, 2.75) is 0 Å². The molecule has 7 aromatic heterocycles. The first-order valence-corrected chi connectivity index (χ1v) is 35.7. The largest absolute Gasteiger partial charge is 0.456 e. The minimum Gasteiger partial charge on any atom is -0.456 e. The summed E-state index contributed by atoms with van der Waals surface area (Å²) < 4.78 is 23.1. The third kappa shape index (κ3) is 10.5. The molecule has 11 heteroatoms. The van der Waals surface area contributed by atoms with E-state index in [1.807, 2.05) is 146 Å². The van der Waals surface area contributed by atoms with Crippen LogP contribution in [0.1, 0.15) is 0 Å². The molecule has 0 aliphatic rings. The second kappa shape index (κ2) is 25.1. The molecule has 0 spiro atoms. The van der Waals surface area contributed by atoms with Crippen LogP contribution in [-0.4, -0.2) is 39.0 Å². The lowest BCUT2D eigenvalue weighted by Gasteiger charge is -2.16. The van der Waals surface area contributed by atoms with Gasteiger partial charge in [-0.15, -0.1) is 0 Å². The van der Waals surface area contributed by atoms with E-state index in [0.29, 0.717) is 35.1 Å². The van der Waals surface area contributed by atoms with Gasteiger partial charge in [-0.3, -0.25) is 4.57 Å². The van der Waals surface area contributed by atoms with Crippen LogP contribution in [0.5, 0.6) is 0 Å². The molecule has 0 radical (unpaired) electrons. The number of benzene rings is 15. The van der Waals surface area contributed by atoms with Crippen molar-refractivity contribution in [2.75, 3.05) is 0 Å². The van der Waals surface area contributed by atoms with Crippen LogP contribution >= 0.6 is 0 Å². The Balaban J connectivity index is 0.000000138. The fraction of sp³-hybridized carbons (Fsp3) is 0. The summed E-state index contributed by atoms with van der Waals surface area (Å²) in [5.74, 6) is 3.61. The maximum Gasteiger partial charge on any atom is 0.238 e. The van der Waals surface area contributed by atoms with Gasteiger partial charge in [0.15, 0.2) is 29.1 Å². The highest BCUT2D eigenvalue weighted by Gasteiger charge is 2.24. The molecule has 7 heterocycles. The van der Waals surface area contributed by atoms with Gasteiger partial charge in [0.05, 0.1) is 27.8 Å². The molecule has 0 aliphatic heterocycles. The molecule has 0 amide bonds. The Hall–Kier alpha value is -14.7. The van der Waals surface area contributed by atoms with E-state index in [0.717, 1.165) is 166 Å². The smallest absolute Gasteiger partial charge is 0.238 e. The summed E-state index contributed by atoms with van der Waals surface area (Å²) in [7, 11) is 0. The maximum atomic E-state index is 6.25. The normalized spacial score (nSPS) is 11.7. The lowest BCUT2D eigenvalue weighted by Crippen LogP contribution is -2.06. The van der Waals surface area contributed by atoms with Crippen molar-refractivity contribution in [3.8, 4) is 102 Å². The molecule has 22 aromatic rings. The summed E-state index contributed by atoms with van der Waals surface area (Å²) in [6.45, 7) is 0. The molecule has 15 aromatic carbocycles. The van der Waals surface area contributed by atoms with Crippen molar-refractivity contribution in [3.63, 3.8) is 0 Å². The topological polar surface area (TPSA) is 127 Å². The Morgan fingerprint density at radius 1 is 0.187 bits per heavy atom. The van der Waals surface area contributed by atoms with Gasteiger partial charge in [0.25, 0.3) is 0 Å². The van der Waals surface area contributed by atoms with E-state index in [4.69, 9.17) is 43.2 Å². The van der Waals surface area contributed by atoms with Crippen molar-refractivity contribution >= 4 is 109 Å². The molecular weight excluding hydrogens is 1310 g/mol. The van der Waals surface area contributed by atoms with Crippen LogP contribution in [0.4, 0.5) is 0 Å². The molecule has 500 valence electrons. The molecule has 0 atom stereocenters. The number of hydrogen-bond donors (Lipinski definition) is 0. The van der Waals surface area contributed by atoms with Crippen LogP contribution in [0.2, 0.25) is 0 Å². The summed E-state index contributed by atoms with van der Waals surface area (Å²) in [5.41, 5.74) is 21.9. The Labute approximate surface area is 611 Å². The number of furan rings is 3. The maximum absolute atomic E-state index is 6.25. The van der Waals surface area contributed by atoms with Crippen LogP contribution in [0.25, 0.3) is 211 Å². The first kappa shape index (κ1) is 61.0. The van der Waals surface area contributed by atoms with Gasteiger partial charge in [-0.05, 0) is 119 Å². The average Bonchev–Trinajstić information content (AvgIpc) is 1.59. The Bertz CT molecular complexity index is 7200. The summed E-state index contributed by atoms with van der Waals surface area (Å²) in [6.07, 6.45) is 0. The monoisotopic (exact) mass is 1370 g/mol. The van der Waals surface area contributed by atoms with Crippen molar-refractivity contribution in [3.05, 3.63) is 352 Å². The summed E-state index contributed by atoms with van der Waals surface area (Å²) in [5, 5.41) is 11.1. The van der Waals surface area contributed by atoms with Gasteiger partial charge in [0, 0.05) is 87.2 Å². The number of fused-ring (bicyclic) bond motifs is 15. The standard InChI is InChI=1S/C51H32N4O.C45H26N4O2/c1-4-14-33(15-5-1)39-27-24-38(51-53-49(34-16-6-2-7-17-34)52-50(54-51)35-18-8-3-9-19-35)32-46(39)55-44-22-12-10-20-40(44)42-30-36(25-28-45(42)55)37-26-29-48-43(31-37)41-21-11-13-23-47(41)56-48;1-2-11-27(12-3-1)43-46-44(33-16-10-20-41-42(33)32-15-6-9-19-39(32)51-41)48-45(47-43)49-36-17-7-4-13-30(36)34-25-28(21-23-37(34)49)29-22-24-40-35(26-29)31-14-5-8-18-38(31)50-40/h1-32H;1-26H. The molecular formula is C96H58N8O3. The SMILES string of the molecule is c1ccc(-c2nc(-c3cccc4oc5ccccc5c34)nc(-n3c4ccccc4c4cc(-c5ccc6oc7ccccc7c6c5)ccc43)n2)cc1.c1ccc(-c2nc(-c3ccccc3)nc(-c3ccc(-c4ccccc4)c(-n4c5ccccc5c5cc(-c6ccc7oc8ccccc8c7c6)ccc54)c3)n2)cc1. The fourth-order valence-electron chi connectivity index (χ4n) is 15.5. The Morgan fingerprint density at radius 3 is 1.08 bits per heavy atom. The highest BCUT2D eigenvalue weighted by atomic mass is 16.3. The number of nitrogens with zero attached hydrogens (tertiary/aromatic N) is 8. The minimum atomic E-state index is 0.550. The van der Waals surface area contributed by atoms with E-state index in [2.05, 4.69) is 215 Å². The first-order chi connectivity index (χ1) is 53.0. The van der Waals surface area contributed by atoms with Crippen molar-refractivity contribution < 1.29 is 13.3 Å². The summed E-state index contributed by atoms with van der Waals surface area (Å²) in [4.78, 5) is 30.6. The van der Waals surface area contributed by atoms with Gasteiger partial charge in [-0.2, -0.15) is 9.97 Å². The van der Waals surface area contributed by atoms with Crippen molar-refractivity contribution in [2.24, 2.45) is 0 Å². The van der Waals surface area contributed by atoms with E-state index in [-0.39, 0.29) is 0 Å². The van der Waals surface area contributed by atoms with E-state index < -0.39 is 0 Å². The van der Waals surface area contributed by atoms with E-state index in [9.17, 15) is 0 Å². The fourth-order valence-corrected chi connectivity index (χ4v) is 15.5. The quantitative estimate of drug-likeness (QED) is 0.131. The molecule has 0 N–H and O–H groups in total. The van der Waals surface area contributed by atoms with Crippen LogP contribution in [0.3, 0.4) is 0 Å². The predicted molar refractivity (Wildman–Crippen MR) is 434 cm³/mol. The number of para-hydroxylation sites is 5. The third-order valence-electron chi connectivity index (χ3n) is 20.5. The lowest BCUT2D eigenvalue weighted by molar-refractivity contribution is 0.668. The Morgan fingerprint density at radius 2 is 0.542 bits per heavy atom. The van der Waals surface area contributed by atoms with Gasteiger partial charge in [-0.25, -0.2) is 19.9 Å². The van der Waals surface area contributed by atoms with Crippen LogP contribution in [0, 0.1) is 0 Å². The summed E-state index contributed by atoms with van der Waals surface area (Å²) >= 11 is 0. The van der Waals surface area contributed by atoms with Crippen molar-refractivity contribution in [1.82, 2.24) is 39.0 Å². The summed E-state index contributed by atoms with van der Waals surface area (Å²) in [6, 6.07) is 122. The molecule has 0 saturated carbocycles. The van der Waals surface area contributed by atoms with Gasteiger partial charge in [-0.1, -0.05) is 261 Å². The Kier molecular flexibility index (Phi) is 14.3. The zero-order valence-electron chi connectivity index (χ0n) is 57.3. The minimum absolute atomic E-state index is 0.550. The second-order valence-corrected chi connectivity index (χ2v) is 26.8. The molecule has 107 heavy (non-hydrogen) atoms. The molecule has 0 unspecified atom stereocenters. The molecule has 11 nitrogen and oxygen atoms in total. The lowest BCUT2D eigenvalue weighted by atomic mass is 10.00. The van der Waals surface area contributed by atoms with E-state index >= 15 is 0 Å². The molecule has 22 rings (SSSR count). The first-order valence-electron chi connectivity index (χ1n) is 35.7. The zero-order valence-corrected chi connectivity index (χ0v) is 57.3. The molecule has 0 saturated heterocycles. The van der Waals surface area contributed by atoms with Crippen molar-refractivity contribution in [1.29, 1.82) is 0 Å². The van der Waals surface area contributed by atoms with Gasteiger partial charge < -0.3 is 17.8 Å². The second-order valence-electron chi connectivity index (χ2n) is 26.8. The van der Waals surface area contributed by atoms with Crippen LogP contribution in [-0.2, 0) is 0 Å². The van der Waals surface area contributed by atoms with E-state index in [1.54, 1.807) is 0 Å². The molecule has 0 bridgehead atoms. The zero-order chi connectivity index (χ0) is 70.5. The van der Waals surface area contributed by atoms with E-state index in [1.165, 1.54) is 10.8 Å². The number of rotatable bonds is 10.